The van der Waals surface area contributed by atoms with Gasteiger partial charge in [-0.25, -0.2) is 0 Å². The maximum atomic E-state index is 5.26. The lowest BCUT2D eigenvalue weighted by atomic mass is 10.3. The number of terminal acetylenes is 1. The van der Waals surface area contributed by atoms with Crippen molar-refractivity contribution in [2.24, 2.45) is 0 Å². The monoisotopic (exact) mass is 164 g/mol. The SMILES string of the molecule is C#CCN1CCN(C2CC2)CC1. The first-order valence-corrected chi connectivity index (χ1v) is 4.80. The van der Waals surface area contributed by atoms with Gasteiger partial charge in [0.15, 0.2) is 0 Å². The maximum Gasteiger partial charge on any atom is 0.0599 e. The van der Waals surface area contributed by atoms with Gasteiger partial charge >= 0.3 is 0 Å². The normalized spacial score (nSPS) is 26.9. The van der Waals surface area contributed by atoms with E-state index < -0.39 is 0 Å². The predicted molar refractivity (Wildman–Crippen MR) is 49.9 cm³/mol. The zero-order valence-electron chi connectivity index (χ0n) is 7.50. The Morgan fingerprint density at radius 1 is 1.17 bits per heavy atom. The van der Waals surface area contributed by atoms with Crippen LogP contribution in [0.5, 0.6) is 0 Å². The van der Waals surface area contributed by atoms with Gasteiger partial charge < -0.3 is 0 Å². The second kappa shape index (κ2) is 3.47. The summed E-state index contributed by atoms with van der Waals surface area (Å²) in [5.41, 5.74) is 0. The molecule has 2 fully saturated rings. The molecule has 1 aliphatic heterocycles. The van der Waals surface area contributed by atoms with Gasteiger partial charge in [-0.1, -0.05) is 5.92 Å². The fourth-order valence-electron chi connectivity index (χ4n) is 1.86. The highest BCUT2D eigenvalue weighted by Crippen LogP contribution is 2.27. The first-order chi connectivity index (χ1) is 5.90. The summed E-state index contributed by atoms with van der Waals surface area (Å²) < 4.78 is 0. The fourth-order valence-corrected chi connectivity index (χ4v) is 1.86. The minimum absolute atomic E-state index is 0.832. The topological polar surface area (TPSA) is 6.48 Å². The molecule has 0 bridgehead atoms. The first-order valence-electron chi connectivity index (χ1n) is 4.80. The molecule has 1 aliphatic carbocycles. The Hall–Kier alpha value is -0.520. The van der Waals surface area contributed by atoms with Crippen molar-refractivity contribution in [1.82, 2.24) is 9.80 Å². The molecule has 1 saturated heterocycles. The molecule has 2 aliphatic rings. The van der Waals surface area contributed by atoms with E-state index >= 15 is 0 Å². The van der Waals surface area contributed by atoms with Crippen LogP contribution in [0.1, 0.15) is 12.8 Å². The van der Waals surface area contributed by atoms with E-state index in [4.69, 9.17) is 6.42 Å². The van der Waals surface area contributed by atoms with E-state index in [-0.39, 0.29) is 0 Å². The number of rotatable bonds is 2. The Morgan fingerprint density at radius 2 is 1.83 bits per heavy atom. The standard InChI is InChI=1S/C10H16N2/c1-2-5-11-6-8-12(9-7-11)10-3-4-10/h1,10H,3-9H2. The molecule has 2 heteroatoms. The van der Waals surface area contributed by atoms with Crippen molar-refractivity contribution in [3.8, 4) is 12.3 Å². The van der Waals surface area contributed by atoms with Crippen LogP contribution in [0.4, 0.5) is 0 Å². The van der Waals surface area contributed by atoms with E-state index in [2.05, 4.69) is 15.7 Å². The molecule has 0 amide bonds. The summed E-state index contributed by atoms with van der Waals surface area (Å²) in [6.07, 6.45) is 8.11. The molecule has 66 valence electrons. The lowest BCUT2D eigenvalue weighted by Gasteiger charge is -2.33. The Kier molecular flexibility index (Phi) is 2.34. The molecule has 0 spiro atoms. The summed E-state index contributed by atoms with van der Waals surface area (Å²) >= 11 is 0. The van der Waals surface area contributed by atoms with Gasteiger partial charge in [-0.05, 0) is 12.8 Å². The van der Waals surface area contributed by atoms with Gasteiger partial charge in [0, 0.05) is 32.2 Å². The summed E-state index contributed by atoms with van der Waals surface area (Å²) in [7, 11) is 0. The van der Waals surface area contributed by atoms with Gasteiger partial charge in [0.2, 0.25) is 0 Å². The molecule has 12 heavy (non-hydrogen) atoms. The van der Waals surface area contributed by atoms with Crippen molar-refractivity contribution >= 4 is 0 Å². The van der Waals surface area contributed by atoms with Gasteiger partial charge in [0.05, 0.1) is 6.54 Å². The highest BCUT2D eigenvalue weighted by molar-refractivity contribution is 4.92. The highest BCUT2D eigenvalue weighted by atomic mass is 15.3. The lowest BCUT2D eigenvalue weighted by Crippen LogP contribution is -2.47. The van der Waals surface area contributed by atoms with Crippen LogP contribution in [0.15, 0.2) is 0 Å². The van der Waals surface area contributed by atoms with Crippen molar-refractivity contribution < 1.29 is 0 Å². The summed E-state index contributed by atoms with van der Waals surface area (Å²) in [5.74, 6) is 2.70. The third kappa shape index (κ3) is 1.80. The minimum atomic E-state index is 0.832. The van der Waals surface area contributed by atoms with Crippen LogP contribution in [0.25, 0.3) is 0 Å². The largest absolute Gasteiger partial charge is 0.298 e. The van der Waals surface area contributed by atoms with Gasteiger partial charge in [-0.15, -0.1) is 6.42 Å². The molecule has 0 atom stereocenters. The quantitative estimate of drug-likeness (QED) is 0.545. The van der Waals surface area contributed by atoms with E-state index in [1.807, 2.05) is 0 Å². The van der Waals surface area contributed by atoms with Gasteiger partial charge in [0.25, 0.3) is 0 Å². The predicted octanol–water partition coefficient (Wildman–Crippen LogP) is 0.400. The summed E-state index contributed by atoms with van der Waals surface area (Å²) in [6, 6.07) is 0.929. The summed E-state index contributed by atoms with van der Waals surface area (Å²) in [4.78, 5) is 4.96. The van der Waals surface area contributed by atoms with Gasteiger partial charge in [-0.3, -0.25) is 9.80 Å². The maximum absolute atomic E-state index is 5.26. The van der Waals surface area contributed by atoms with Crippen LogP contribution in [-0.2, 0) is 0 Å². The van der Waals surface area contributed by atoms with Crippen LogP contribution < -0.4 is 0 Å². The molecule has 2 nitrogen and oxygen atoms in total. The molecule has 0 aromatic carbocycles. The van der Waals surface area contributed by atoms with Crippen LogP contribution in [-0.4, -0.2) is 48.6 Å². The second-order valence-corrected chi connectivity index (χ2v) is 3.75. The Morgan fingerprint density at radius 3 is 2.33 bits per heavy atom. The van der Waals surface area contributed by atoms with E-state index in [9.17, 15) is 0 Å². The van der Waals surface area contributed by atoms with E-state index in [1.54, 1.807) is 0 Å². The summed E-state index contributed by atoms with van der Waals surface area (Å²) in [5, 5.41) is 0. The van der Waals surface area contributed by atoms with E-state index in [0.717, 1.165) is 12.6 Å². The molecule has 0 aromatic rings. The second-order valence-electron chi connectivity index (χ2n) is 3.75. The highest BCUT2D eigenvalue weighted by Gasteiger charge is 2.30. The summed E-state index contributed by atoms with van der Waals surface area (Å²) in [6.45, 7) is 5.62. The van der Waals surface area contributed by atoms with Crippen molar-refractivity contribution in [1.29, 1.82) is 0 Å². The Balaban J connectivity index is 1.73. The zero-order valence-corrected chi connectivity index (χ0v) is 7.50. The zero-order chi connectivity index (χ0) is 8.39. The molecule has 0 unspecified atom stereocenters. The van der Waals surface area contributed by atoms with Crippen molar-refractivity contribution in [3.63, 3.8) is 0 Å². The number of nitrogens with zero attached hydrogens (tertiary/aromatic N) is 2. The molecule has 0 N–H and O–H groups in total. The van der Waals surface area contributed by atoms with E-state index in [0.29, 0.717) is 0 Å². The third-order valence-corrected chi connectivity index (χ3v) is 2.79. The van der Waals surface area contributed by atoms with Crippen LogP contribution >= 0.6 is 0 Å². The molecular formula is C10H16N2. The Labute approximate surface area is 74.5 Å². The number of hydrogen-bond donors (Lipinski definition) is 0. The third-order valence-electron chi connectivity index (χ3n) is 2.79. The lowest BCUT2D eigenvalue weighted by molar-refractivity contribution is 0.138. The van der Waals surface area contributed by atoms with E-state index in [1.165, 1.54) is 39.0 Å². The smallest absolute Gasteiger partial charge is 0.0599 e. The van der Waals surface area contributed by atoms with Gasteiger partial charge in [0.1, 0.15) is 0 Å². The molecule has 1 heterocycles. The number of piperazine rings is 1. The van der Waals surface area contributed by atoms with Crippen LogP contribution in [0.2, 0.25) is 0 Å². The average Bonchev–Trinajstić information content (AvgIpc) is 2.89. The Bertz CT molecular complexity index is 183. The van der Waals surface area contributed by atoms with Crippen LogP contribution in [0.3, 0.4) is 0 Å². The van der Waals surface area contributed by atoms with Gasteiger partial charge in [-0.2, -0.15) is 0 Å². The van der Waals surface area contributed by atoms with Crippen molar-refractivity contribution in [3.05, 3.63) is 0 Å². The fraction of sp³-hybridized carbons (Fsp3) is 0.800. The average molecular weight is 164 g/mol. The van der Waals surface area contributed by atoms with Crippen molar-refractivity contribution in [2.75, 3.05) is 32.7 Å². The first kappa shape index (κ1) is 8.10. The molecule has 0 aromatic heterocycles. The van der Waals surface area contributed by atoms with Crippen molar-refractivity contribution in [2.45, 2.75) is 18.9 Å². The van der Waals surface area contributed by atoms with Crippen LogP contribution in [0, 0.1) is 12.3 Å². The molecular weight excluding hydrogens is 148 g/mol. The number of hydrogen-bond acceptors (Lipinski definition) is 2. The minimum Gasteiger partial charge on any atom is -0.298 e. The molecule has 0 radical (unpaired) electrons. The molecule has 1 saturated carbocycles. The molecule has 2 rings (SSSR count).